The van der Waals surface area contributed by atoms with E-state index in [4.69, 9.17) is 5.14 Å². The maximum Gasteiger partial charge on any atom is 0.330 e. The highest BCUT2D eigenvalue weighted by Crippen LogP contribution is 2.34. The molecule has 2 aromatic rings. The Kier molecular flexibility index (Phi) is 6.83. The van der Waals surface area contributed by atoms with E-state index in [0.717, 1.165) is 11.3 Å². The molecule has 1 aromatic carbocycles. The number of carbonyl (C=O) groups excluding carboxylic acids is 1. The number of rotatable bonds is 6. The van der Waals surface area contributed by atoms with Crippen LogP contribution in [-0.4, -0.2) is 20.3 Å². The van der Waals surface area contributed by atoms with Crippen molar-refractivity contribution in [1.82, 2.24) is 9.71 Å². The molecule has 5 N–H and O–H groups in total. The van der Waals surface area contributed by atoms with E-state index in [0.29, 0.717) is 21.8 Å². The van der Waals surface area contributed by atoms with Crippen molar-refractivity contribution in [3.05, 3.63) is 40.3 Å². The van der Waals surface area contributed by atoms with E-state index in [1.54, 1.807) is 13.8 Å². The van der Waals surface area contributed by atoms with Crippen molar-refractivity contribution in [2.75, 3.05) is 5.32 Å². The lowest BCUT2D eigenvalue weighted by Crippen LogP contribution is -2.44. The fourth-order valence-corrected chi connectivity index (χ4v) is 5.05. The summed E-state index contributed by atoms with van der Waals surface area (Å²) in [6, 6.07) is 2.00. The molecule has 1 heterocycles. The molecular formula is C19H29FN4O3S2. The Morgan fingerprint density at radius 1 is 1.24 bits per heavy atom. The fraction of sp³-hybridized carbons (Fsp3) is 0.474. The van der Waals surface area contributed by atoms with Crippen molar-refractivity contribution < 1.29 is 18.5 Å². The van der Waals surface area contributed by atoms with Gasteiger partial charge in [-0.25, -0.2) is 18.4 Å². The molecule has 0 atom stereocenters. The quantitative estimate of drug-likeness (QED) is 0.436. The zero-order chi connectivity index (χ0) is 22.1. The van der Waals surface area contributed by atoms with Gasteiger partial charge < -0.3 is 10.4 Å². The third kappa shape index (κ3) is 5.59. The van der Waals surface area contributed by atoms with E-state index in [9.17, 15) is 18.5 Å². The summed E-state index contributed by atoms with van der Waals surface area (Å²) in [7, 11) is -3.77. The zero-order valence-corrected chi connectivity index (χ0v) is 19.1. The summed E-state index contributed by atoms with van der Waals surface area (Å²) in [5.74, 6) is -0.463. The molecule has 0 aliphatic carbocycles. The zero-order valence-electron chi connectivity index (χ0n) is 17.4. The molecule has 0 saturated heterocycles. The van der Waals surface area contributed by atoms with Crippen LogP contribution in [0.4, 0.5) is 14.9 Å². The number of aliphatic hydroxyl groups is 1. The van der Waals surface area contributed by atoms with Crippen LogP contribution in [0.2, 0.25) is 0 Å². The van der Waals surface area contributed by atoms with Gasteiger partial charge in [-0.15, -0.1) is 11.3 Å². The lowest BCUT2D eigenvalue weighted by atomic mass is 9.92. The lowest BCUT2D eigenvalue weighted by molar-refractivity contribution is 0.0783. The van der Waals surface area contributed by atoms with E-state index in [1.165, 1.54) is 18.3 Å². The maximum absolute atomic E-state index is 14.0. The molecule has 0 bridgehead atoms. The average molecular weight is 445 g/mol. The van der Waals surface area contributed by atoms with Crippen molar-refractivity contribution in [2.24, 2.45) is 5.14 Å². The van der Waals surface area contributed by atoms with E-state index >= 15 is 0 Å². The van der Waals surface area contributed by atoms with Gasteiger partial charge >= 0.3 is 6.03 Å². The molecule has 0 radical (unpaired) electrons. The first-order valence-electron chi connectivity index (χ1n) is 9.22. The van der Waals surface area contributed by atoms with Crippen LogP contribution < -0.4 is 15.2 Å². The molecule has 0 aliphatic rings. The molecular weight excluding hydrogens is 415 g/mol. The summed E-state index contributed by atoms with van der Waals surface area (Å²) in [5.41, 5.74) is 0.545. The van der Waals surface area contributed by atoms with Gasteiger partial charge in [0.1, 0.15) is 20.6 Å². The monoisotopic (exact) mass is 444 g/mol. The number of urea groups is 1. The smallest absolute Gasteiger partial charge is 0.330 e. The van der Waals surface area contributed by atoms with Crippen molar-refractivity contribution in [3.8, 4) is 0 Å². The normalized spacial score (nSPS) is 13.1. The largest absolute Gasteiger partial charge is 0.383 e. The Balaban J connectivity index is 2.31. The average Bonchev–Trinajstić information content (AvgIpc) is 3.06. The van der Waals surface area contributed by atoms with E-state index < -0.39 is 21.9 Å². The number of nitrogens with one attached hydrogen (secondary N) is 2. The summed E-state index contributed by atoms with van der Waals surface area (Å²) < 4.78 is 29.4. The van der Waals surface area contributed by atoms with Crippen LogP contribution in [0.25, 0.3) is 0 Å². The van der Waals surface area contributed by atoms with Crippen LogP contribution in [0.15, 0.2) is 22.5 Å². The van der Waals surface area contributed by atoms with Gasteiger partial charge in [0.15, 0.2) is 0 Å². The Morgan fingerprint density at radius 2 is 1.76 bits per heavy atom. The van der Waals surface area contributed by atoms with Crippen molar-refractivity contribution in [2.45, 2.75) is 63.2 Å². The number of hydrogen-bond acceptors (Lipinski definition) is 5. The fourth-order valence-electron chi connectivity index (χ4n) is 2.75. The van der Waals surface area contributed by atoms with Crippen LogP contribution in [0, 0.1) is 5.82 Å². The summed E-state index contributed by atoms with van der Waals surface area (Å²) in [6.45, 7) is 10.7. The number of thiazole rings is 1. The number of thiol groups is 1. The summed E-state index contributed by atoms with van der Waals surface area (Å²) >= 11 is 0.972. The minimum Gasteiger partial charge on any atom is -0.383 e. The number of nitrogens with two attached hydrogens (primary N) is 1. The maximum atomic E-state index is 14.0. The first-order valence-corrected chi connectivity index (χ1v) is 11.8. The van der Waals surface area contributed by atoms with Crippen LogP contribution in [0.1, 0.15) is 69.5 Å². The second-order valence-corrected chi connectivity index (χ2v) is 11.4. The molecule has 2 amide bonds. The first kappa shape index (κ1) is 23.4. The lowest BCUT2D eigenvalue weighted by Gasteiger charge is -2.23. The highest BCUT2D eigenvalue weighted by molar-refractivity contribution is 8.01. The predicted molar refractivity (Wildman–Crippen MR) is 116 cm³/mol. The number of halogens is 1. The minimum absolute atomic E-state index is 0.0426. The molecule has 1 aromatic heterocycles. The number of carbonyl (C=O) groups is 1. The standard InChI is InChI=1S/C19H29FN4O3S2/c1-10(2)13-7-12(20)8-14(11(3)4)16(13)23-18(25)24-29(21,27)15-9-22-17(28-15)19(5,6)26/h7-11,26,29H,1-6H3,(H4,21,23,24,25,27). The molecule has 29 heavy (non-hydrogen) atoms. The second-order valence-electron chi connectivity index (χ2n) is 8.06. The van der Waals surface area contributed by atoms with Crippen molar-refractivity contribution in [1.29, 1.82) is 0 Å². The summed E-state index contributed by atoms with van der Waals surface area (Å²) in [5, 5.41) is 18.9. The van der Waals surface area contributed by atoms with E-state index in [2.05, 4.69) is 15.0 Å². The van der Waals surface area contributed by atoms with Gasteiger partial charge in [-0.3, -0.25) is 9.86 Å². The molecule has 7 nitrogen and oxygen atoms in total. The molecule has 0 spiro atoms. The Hall–Kier alpha value is -1.88. The number of hydrogen-bond donors (Lipinski definition) is 5. The van der Waals surface area contributed by atoms with Gasteiger partial charge in [-0.1, -0.05) is 27.7 Å². The number of amides is 2. The third-order valence-corrected chi connectivity index (χ3v) is 7.76. The van der Waals surface area contributed by atoms with Crippen LogP contribution in [0.5, 0.6) is 0 Å². The first-order chi connectivity index (χ1) is 13.2. The second kappa shape index (κ2) is 8.47. The number of aromatic nitrogens is 1. The molecule has 10 heteroatoms. The van der Waals surface area contributed by atoms with Gasteiger partial charge in [0.2, 0.25) is 0 Å². The van der Waals surface area contributed by atoms with Crippen LogP contribution >= 0.6 is 11.3 Å². The van der Waals surface area contributed by atoms with Crippen molar-refractivity contribution >= 4 is 33.4 Å². The Morgan fingerprint density at radius 3 is 2.17 bits per heavy atom. The van der Waals surface area contributed by atoms with Crippen LogP contribution in [-0.2, 0) is 15.9 Å². The molecule has 162 valence electrons. The SMILES string of the molecule is CC(C)c1cc(F)cc(C(C)C)c1NC(=O)N[SH](N)(=O)c1cnc(C(C)(C)O)s1. The molecule has 2 rings (SSSR count). The molecule has 0 fully saturated rings. The molecule has 0 saturated carbocycles. The number of benzene rings is 1. The highest BCUT2D eigenvalue weighted by atomic mass is 32.3. The Labute approximate surface area is 175 Å². The summed E-state index contributed by atoms with van der Waals surface area (Å²) in [4.78, 5) is 16.6. The van der Waals surface area contributed by atoms with Gasteiger partial charge in [-0.05, 0) is 48.9 Å². The number of nitrogens with zero attached hydrogens (tertiary/aromatic N) is 1. The predicted octanol–water partition coefficient (Wildman–Crippen LogP) is 3.74. The third-order valence-electron chi connectivity index (χ3n) is 4.26. The van der Waals surface area contributed by atoms with Crippen molar-refractivity contribution in [3.63, 3.8) is 0 Å². The van der Waals surface area contributed by atoms with Gasteiger partial charge in [0.05, 0.1) is 6.20 Å². The molecule has 0 aliphatic heterocycles. The topological polar surface area (TPSA) is 117 Å². The van der Waals surface area contributed by atoms with Gasteiger partial charge in [0.25, 0.3) is 0 Å². The summed E-state index contributed by atoms with van der Waals surface area (Å²) in [6.07, 6.45) is 1.29. The minimum atomic E-state index is -3.77. The molecule has 0 unspecified atom stereocenters. The number of anilines is 1. The Bertz CT molecular complexity index is 922. The highest BCUT2D eigenvalue weighted by Gasteiger charge is 2.26. The van der Waals surface area contributed by atoms with E-state index in [-0.39, 0.29) is 21.9 Å². The van der Waals surface area contributed by atoms with Gasteiger partial charge in [0, 0.05) is 16.0 Å². The van der Waals surface area contributed by atoms with Gasteiger partial charge in [-0.2, -0.15) is 0 Å². The van der Waals surface area contributed by atoms with E-state index in [1.807, 2.05) is 27.7 Å². The van der Waals surface area contributed by atoms with Crippen LogP contribution in [0.3, 0.4) is 0 Å².